The van der Waals surface area contributed by atoms with Crippen LogP contribution in [-0.4, -0.2) is 21.4 Å². The Kier molecular flexibility index (Phi) is 4.96. The molecule has 1 aromatic carbocycles. The Balaban J connectivity index is 1.70. The minimum Gasteiger partial charge on any atom is -0.347 e. The first kappa shape index (κ1) is 17.4. The molecule has 0 spiro atoms. The molecule has 1 aliphatic carbocycles. The van der Waals surface area contributed by atoms with Crippen molar-refractivity contribution < 1.29 is 13.2 Å². The molecule has 0 aliphatic heterocycles. The molecule has 1 fully saturated rings. The maximum atomic E-state index is 12.3. The lowest BCUT2D eigenvalue weighted by molar-refractivity contribution is 0.0955. The van der Waals surface area contributed by atoms with Crippen LogP contribution in [0.1, 0.15) is 39.6 Å². The zero-order valence-electron chi connectivity index (χ0n) is 13.0. The van der Waals surface area contributed by atoms with Crippen LogP contribution in [0.5, 0.6) is 0 Å². The fourth-order valence-electron chi connectivity index (χ4n) is 2.45. The highest BCUT2D eigenvalue weighted by molar-refractivity contribution is 7.91. The molecule has 5 nitrogen and oxygen atoms in total. The SMILES string of the molecule is CNS(=O)(=O)c1ccc(C(=O)NCc2ccc(Cl)cc2C2CC2)s1. The molecular weight excluding hydrogens is 368 g/mol. The van der Waals surface area contributed by atoms with Gasteiger partial charge in [-0.2, -0.15) is 0 Å². The van der Waals surface area contributed by atoms with Gasteiger partial charge in [0.05, 0.1) is 4.88 Å². The van der Waals surface area contributed by atoms with Crippen molar-refractivity contribution >= 4 is 38.9 Å². The lowest BCUT2D eigenvalue weighted by atomic mass is 10.0. The van der Waals surface area contributed by atoms with Gasteiger partial charge in [-0.25, -0.2) is 13.1 Å². The van der Waals surface area contributed by atoms with Crippen LogP contribution in [-0.2, 0) is 16.6 Å². The van der Waals surface area contributed by atoms with Crippen LogP contribution in [0.2, 0.25) is 5.02 Å². The Morgan fingerprint density at radius 1 is 1.29 bits per heavy atom. The van der Waals surface area contributed by atoms with Crippen LogP contribution in [0.15, 0.2) is 34.5 Å². The van der Waals surface area contributed by atoms with Crippen molar-refractivity contribution in [1.82, 2.24) is 10.0 Å². The Bertz CT molecular complexity index is 873. The third-order valence-corrected chi connectivity index (χ3v) is 7.13. The quantitative estimate of drug-likeness (QED) is 0.803. The minimum atomic E-state index is -3.52. The van der Waals surface area contributed by atoms with Crippen LogP contribution in [0.25, 0.3) is 0 Å². The predicted octanol–water partition coefficient (Wildman–Crippen LogP) is 3.12. The molecule has 128 valence electrons. The van der Waals surface area contributed by atoms with Crippen LogP contribution >= 0.6 is 22.9 Å². The van der Waals surface area contributed by atoms with E-state index in [1.54, 1.807) is 0 Å². The molecule has 0 atom stereocenters. The maximum Gasteiger partial charge on any atom is 0.261 e. The van der Waals surface area contributed by atoms with Gasteiger partial charge < -0.3 is 5.32 Å². The zero-order chi connectivity index (χ0) is 17.3. The number of benzene rings is 1. The van der Waals surface area contributed by atoms with Crippen molar-refractivity contribution in [2.75, 3.05) is 7.05 Å². The highest BCUT2D eigenvalue weighted by atomic mass is 35.5. The molecule has 1 aliphatic rings. The lowest BCUT2D eigenvalue weighted by Crippen LogP contribution is -2.22. The highest BCUT2D eigenvalue weighted by Crippen LogP contribution is 2.42. The number of thiophene rings is 1. The van der Waals surface area contributed by atoms with Crippen LogP contribution in [0, 0.1) is 0 Å². The molecule has 0 radical (unpaired) electrons. The topological polar surface area (TPSA) is 75.3 Å². The molecule has 24 heavy (non-hydrogen) atoms. The Morgan fingerprint density at radius 3 is 2.71 bits per heavy atom. The van der Waals surface area contributed by atoms with Gasteiger partial charge in [0.2, 0.25) is 10.0 Å². The molecular formula is C16H17ClN2O3S2. The summed E-state index contributed by atoms with van der Waals surface area (Å²) >= 11 is 7.01. The molecule has 1 saturated carbocycles. The van der Waals surface area contributed by atoms with E-state index in [9.17, 15) is 13.2 Å². The minimum absolute atomic E-state index is 0.125. The zero-order valence-corrected chi connectivity index (χ0v) is 15.4. The second-order valence-corrected chi connectivity index (χ2v) is 9.26. The second kappa shape index (κ2) is 6.84. The summed E-state index contributed by atoms with van der Waals surface area (Å²) < 4.78 is 25.8. The highest BCUT2D eigenvalue weighted by Gasteiger charge is 2.26. The van der Waals surface area contributed by atoms with Gasteiger partial charge in [0.25, 0.3) is 5.91 Å². The van der Waals surface area contributed by atoms with Gasteiger partial charge in [-0.3, -0.25) is 4.79 Å². The summed E-state index contributed by atoms with van der Waals surface area (Å²) in [7, 11) is -2.18. The van der Waals surface area contributed by atoms with E-state index in [1.807, 2.05) is 18.2 Å². The third-order valence-electron chi connectivity index (χ3n) is 3.90. The molecule has 2 aromatic rings. The Labute approximate surface area is 150 Å². The van der Waals surface area contributed by atoms with Crippen molar-refractivity contribution in [3.05, 3.63) is 51.4 Å². The number of halogens is 1. The monoisotopic (exact) mass is 384 g/mol. The summed E-state index contributed by atoms with van der Waals surface area (Å²) in [6.07, 6.45) is 2.30. The number of amides is 1. The molecule has 3 rings (SSSR count). The molecule has 0 unspecified atom stereocenters. The van der Waals surface area contributed by atoms with Gasteiger partial charge in [0.1, 0.15) is 4.21 Å². The lowest BCUT2D eigenvalue weighted by Gasteiger charge is -2.10. The van der Waals surface area contributed by atoms with Gasteiger partial charge in [0.15, 0.2) is 0 Å². The maximum absolute atomic E-state index is 12.3. The number of carbonyl (C=O) groups excluding carboxylic acids is 1. The van der Waals surface area contributed by atoms with E-state index in [4.69, 9.17) is 11.6 Å². The van der Waals surface area contributed by atoms with Gasteiger partial charge >= 0.3 is 0 Å². The average Bonchev–Trinajstić information content (AvgIpc) is 3.28. The number of hydrogen-bond donors (Lipinski definition) is 2. The van der Waals surface area contributed by atoms with Crippen molar-refractivity contribution in [3.63, 3.8) is 0 Å². The molecule has 8 heteroatoms. The second-order valence-electron chi connectivity index (χ2n) is 5.63. The normalized spacial score (nSPS) is 14.6. The summed E-state index contributed by atoms with van der Waals surface area (Å²) in [5.74, 6) is 0.249. The first-order chi connectivity index (χ1) is 11.4. The Hall–Kier alpha value is -1.41. The number of rotatable bonds is 6. The van der Waals surface area contributed by atoms with Crippen LogP contribution in [0.3, 0.4) is 0 Å². The predicted molar refractivity (Wildman–Crippen MR) is 95.2 cm³/mol. The summed E-state index contributed by atoms with van der Waals surface area (Å²) in [6, 6.07) is 8.67. The van der Waals surface area contributed by atoms with Crippen molar-refractivity contribution in [3.8, 4) is 0 Å². The van der Waals surface area contributed by atoms with Crippen molar-refractivity contribution in [1.29, 1.82) is 0 Å². The van der Waals surface area contributed by atoms with Gasteiger partial charge in [0, 0.05) is 11.6 Å². The molecule has 0 saturated heterocycles. The summed E-state index contributed by atoms with van der Waals surface area (Å²) in [5, 5.41) is 3.55. The third kappa shape index (κ3) is 3.80. The average molecular weight is 385 g/mol. The molecule has 2 N–H and O–H groups in total. The number of sulfonamides is 1. The first-order valence-electron chi connectivity index (χ1n) is 7.50. The van der Waals surface area contributed by atoms with Crippen LogP contribution in [0.4, 0.5) is 0 Å². The molecule has 0 bridgehead atoms. The standard InChI is InChI=1S/C16H17ClN2O3S2/c1-18-24(21,22)15-7-6-14(23-15)16(20)19-9-11-4-5-12(17)8-13(11)10-2-3-10/h4-8,10,18H,2-3,9H2,1H3,(H,19,20). The van der Waals surface area contributed by atoms with E-state index in [-0.39, 0.29) is 10.1 Å². The molecule has 1 aromatic heterocycles. The van der Waals surface area contributed by atoms with Gasteiger partial charge in [-0.1, -0.05) is 17.7 Å². The van der Waals surface area contributed by atoms with E-state index in [1.165, 1.54) is 24.7 Å². The number of nitrogens with one attached hydrogen (secondary N) is 2. The van der Waals surface area contributed by atoms with Crippen molar-refractivity contribution in [2.24, 2.45) is 0 Å². The molecule has 1 heterocycles. The fraction of sp³-hybridized carbons (Fsp3) is 0.312. The Morgan fingerprint density at radius 2 is 2.04 bits per heavy atom. The van der Waals surface area contributed by atoms with E-state index >= 15 is 0 Å². The van der Waals surface area contributed by atoms with Crippen molar-refractivity contribution in [2.45, 2.75) is 29.5 Å². The van der Waals surface area contributed by atoms with Gasteiger partial charge in [-0.15, -0.1) is 11.3 Å². The van der Waals surface area contributed by atoms with E-state index in [0.29, 0.717) is 22.4 Å². The summed E-state index contributed by atoms with van der Waals surface area (Å²) in [4.78, 5) is 12.6. The molecule has 1 amide bonds. The number of hydrogen-bond acceptors (Lipinski definition) is 4. The first-order valence-corrected chi connectivity index (χ1v) is 10.2. The van der Waals surface area contributed by atoms with Crippen LogP contribution < -0.4 is 10.0 Å². The van der Waals surface area contributed by atoms with Gasteiger partial charge in [-0.05, 0) is 61.2 Å². The largest absolute Gasteiger partial charge is 0.347 e. The van der Waals surface area contributed by atoms with E-state index < -0.39 is 10.0 Å². The van der Waals surface area contributed by atoms with E-state index in [0.717, 1.165) is 29.7 Å². The van der Waals surface area contributed by atoms with E-state index in [2.05, 4.69) is 10.0 Å². The fourth-order valence-corrected chi connectivity index (χ4v) is 4.69. The smallest absolute Gasteiger partial charge is 0.261 e. The summed E-state index contributed by atoms with van der Waals surface area (Å²) in [5.41, 5.74) is 2.24. The number of carbonyl (C=O) groups is 1. The summed E-state index contributed by atoms with van der Waals surface area (Å²) in [6.45, 7) is 0.397.